The van der Waals surface area contributed by atoms with E-state index in [9.17, 15) is 18.0 Å². The SMILES string of the molecule is CCNC(=O)[C@H](C)N(Cc1ccccc1Cl)C(=O)CN(c1ccc(Cl)cc1)S(=O)(=O)c1ccc(OC)cc1. The van der Waals surface area contributed by atoms with Crippen molar-refractivity contribution in [2.24, 2.45) is 0 Å². The van der Waals surface area contributed by atoms with Crippen LogP contribution >= 0.6 is 23.2 Å². The van der Waals surface area contributed by atoms with Gasteiger partial charge in [0.1, 0.15) is 18.3 Å². The molecule has 3 aromatic carbocycles. The lowest BCUT2D eigenvalue weighted by Gasteiger charge is -2.32. The molecule has 0 aliphatic rings. The second kappa shape index (κ2) is 13.0. The molecule has 202 valence electrons. The van der Waals surface area contributed by atoms with Crippen LogP contribution in [0.3, 0.4) is 0 Å². The molecule has 0 bridgehead atoms. The molecule has 0 aliphatic heterocycles. The summed E-state index contributed by atoms with van der Waals surface area (Å²) in [5.74, 6) is -0.473. The van der Waals surface area contributed by atoms with Gasteiger partial charge in [0.05, 0.1) is 17.7 Å². The van der Waals surface area contributed by atoms with E-state index in [0.717, 1.165) is 4.31 Å². The summed E-state index contributed by atoms with van der Waals surface area (Å²) in [6.07, 6.45) is 0. The van der Waals surface area contributed by atoms with E-state index in [4.69, 9.17) is 27.9 Å². The number of sulfonamides is 1. The maximum absolute atomic E-state index is 13.8. The maximum Gasteiger partial charge on any atom is 0.264 e. The zero-order valence-electron chi connectivity index (χ0n) is 21.2. The van der Waals surface area contributed by atoms with Gasteiger partial charge in [-0.15, -0.1) is 0 Å². The Labute approximate surface area is 233 Å². The minimum absolute atomic E-state index is 0.00779. The lowest BCUT2D eigenvalue weighted by atomic mass is 10.1. The fraction of sp³-hybridized carbons (Fsp3) is 0.259. The van der Waals surface area contributed by atoms with Crippen LogP contribution in [-0.2, 0) is 26.2 Å². The molecular weight excluding hydrogens is 549 g/mol. The van der Waals surface area contributed by atoms with Crippen LogP contribution in [0.5, 0.6) is 5.75 Å². The van der Waals surface area contributed by atoms with Gasteiger partial charge in [0.25, 0.3) is 10.0 Å². The van der Waals surface area contributed by atoms with Gasteiger partial charge in [-0.25, -0.2) is 8.42 Å². The quantitative estimate of drug-likeness (QED) is 0.354. The fourth-order valence-electron chi connectivity index (χ4n) is 3.73. The third-order valence-corrected chi connectivity index (χ3v) is 8.27. The van der Waals surface area contributed by atoms with Gasteiger partial charge < -0.3 is 15.0 Å². The van der Waals surface area contributed by atoms with Crippen molar-refractivity contribution in [3.05, 3.63) is 88.4 Å². The molecule has 2 amide bonds. The molecule has 0 heterocycles. The van der Waals surface area contributed by atoms with E-state index in [-0.39, 0.29) is 23.0 Å². The number of carbonyl (C=O) groups excluding carboxylic acids is 2. The molecule has 0 unspecified atom stereocenters. The Morgan fingerprint density at radius 1 is 0.974 bits per heavy atom. The Hall–Kier alpha value is -3.27. The van der Waals surface area contributed by atoms with Crippen LogP contribution in [0.25, 0.3) is 0 Å². The molecular formula is C27H29Cl2N3O5S. The van der Waals surface area contributed by atoms with E-state index in [1.165, 1.54) is 60.5 Å². The predicted octanol–water partition coefficient (Wildman–Crippen LogP) is 4.75. The Bertz CT molecular complexity index is 1370. The van der Waals surface area contributed by atoms with Crippen molar-refractivity contribution in [1.29, 1.82) is 0 Å². The van der Waals surface area contributed by atoms with Gasteiger partial charge in [0, 0.05) is 23.1 Å². The van der Waals surface area contributed by atoms with Crippen LogP contribution in [0.15, 0.2) is 77.7 Å². The van der Waals surface area contributed by atoms with Gasteiger partial charge >= 0.3 is 0 Å². The van der Waals surface area contributed by atoms with Crippen molar-refractivity contribution in [2.45, 2.75) is 31.3 Å². The maximum atomic E-state index is 13.8. The number of hydrogen-bond acceptors (Lipinski definition) is 5. The van der Waals surface area contributed by atoms with Crippen molar-refractivity contribution in [1.82, 2.24) is 10.2 Å². The highest BCUT2D eigenvalue weighted by molar-refractivity contribution is 7.92. The number of methoxy groups -OCH3 is 1. The van der Waals surface area contributed by atoms with E-state index < -0.39 is 28.5 Å². The molecule has 8 nitrogen and oxygen atoms in total. The number of ether oxygens (including phenoxy) is 1. The first-order valence-electron chi connectivity index (χ1n) is 11.8. The highest BCUT2D eigenvalue weighted by Crippen LogP contribution is 2.27. The molecule has 3 rings (SSSR count). The molecule has 0 aromatic heterocycles. The molecule has 0 fully saturated rings. The molecule has 38 heavy (non-hydrogen) atoms. The lowest BCUT2D eigenvalue weighted by molar-refractivity contribution is -0.139. The number of nitrogens with one attached hydrogen (secondary N) is 1. The monoisotopic (exact) mass is 577 g/mol. The number of amides is 2. The number of halogens is 2. The summed E-state index contributed by atoms with van der Waals surface area (Å²) in [4.78, 5) is 27.8. The Morgan fingerprint density at radius 3 is 2.18 bits per heavy atom. The Kier molecular flexibility index (Phi) is 10.0. The molecule has 0 radical (unpaired) electrons. The average Bonchev–Trinajstić information content (AvgIpc) is 2.91. The summed E-state index contributed by atoms with van der Waals surface area (Å²) in [6.45, 7) is 3.18. The van der Waals surface area contributed by atoms with Crippen LogP contribution in [0.2, 0.25) is 10.0 Å². The van der Waals surface area contributed by atoms with Crippen LogP contribution in [-0.4, -0.2) is 51.4 Å². The van der Waals surface area contributed by atoms with Crippen LogP contribution in [0, 0.1) is 0 Å². The van der Waals surface area contributed by atoms with Crippen LogP contribution < -0.4 is 14.4 Å². The molecule has 1 atom stereocenters. The largest absolute Gasteiger partial charge is 0.497 e. The van der Waals surface area contributed by atoms with E-state index in [1.807, 2.05) is 0 Å². The summed E-state index contributed by atoms with van der Waals surface area (Å²) in [7, 11) is -2.72. The number of anilines is 1. The van der Waals surface area contributed by atoms with E-state index >= 15 is 0 Å². The summed E-state index contributed by atoms with van der Waals surface area (Å²) in [5.41, 5.74) is 0.858. The third-order valence-electron chi connectivity index (χ3n) is 5.86. The molecule has 0 saturated carbocycles. The highest BCUT2D eigenvalue weighted by Gasteiger charge is 2.32. The van der Waals surface area contributed by atoms with Gasteiger partial charge in [-0.05, 0) is 74.0 Å². The third kappa shape index (κ3) is 6.98. The first kappa shape index (κ1) is 29.3. The van der Waals surface area contributed by atoms with Gasteiger partial charge in [0.15, 0.2) is 0 Å². The van der Waals surface area contributed by atoms with E-state index in [0.29, 0.717) is 27.9 Å². The standard InChI is InChI=1S/C27H29Cl2N3O5S/c1-4-30-27(34)19(2)31(17-20-7-5-6-8-25(20)29)26(33)18-32(22-11-9-21(28)10-12-22)38(35,36)24-15-13-23(37-3)14-16-24/h5-16,19H,4,17-18H2,1-3H3,(H,30,34)/t19-/m0/s1. The Balaban J connectivity index is 2.03. The molecule has 3 aromatic rings. The average molecular weight is 579 g/mol. The number of likely N-dealkylation sites (N-methyl/N-ethyl adjacent to an activating group) is 1. The topological polar surface area (TPSA) is 96.0 Å². The van der Waals surface area contributed by atoms with Crippen molar-refractivity contribution in [3.63, 3.8) is 0 Å². The van der Waals surface area contributed by atoms with Gasteiger partial charge in [-0.3, -0.25) is 13.9 Å². The van der Waals surface area contributed by atoms with Gasteiger partial charge in [-0.2, -0.15) is 0 Å². The first-order valence-corrected chi connectivity index (χ1v) is 14.0. The zero-order chi connectivity index (χ0) is 27.9. The van der Waals surface area contributed by atoms with Crippen molar-refractivity contribution < 1.29 is 22.7 Å². The number of benzene rings is 3. The first-order chi connectivity index (χ1) is 18.1. The van der Waals surface area contributed by atoms with Crippen molar-refractivity contribution in [3.8, 4) is 5.75 Å². The normalized spacial score (nSPS) is 11.9. The van der Waals surface area contributed by atoms with Crippen LogP contribution in [0.4, 0.5) is 5.69 Å². The molecule has 0 spiro atoms. The minimum atomic E-state index is -4.20. The second-order valence-electron chi connectivity index (χ2n) is 8.35. The van der Waals surface area contributed by atoms with E-state index in [1.54, 1.807) is 38.1 Å². The summed E-state index contributed by atoms with van der Waals surface area (Å²) in [5, 5.41) is 3.55. The molecule has 11 heteroatoms. The second-order valence-corrected chi connectivity index (χ2v) is 11.1. The number of hydrogen-bond donors (Lipinski definition) is 1. The van der Waals surface area contributed by atoms with Crippen molar-refractivity contribution >= 4 is 50.7 Å². The molecule has 0 saturated heterocycles. The van der Waals surface area contributed by atoms with Gasteiger partial charge in [-0.1, -0.05) is 41.4 Å². The minimum Gasteiger partial charge on any atom is -0.497 e. The summed E-state index contributed by atoms with van der Waals surface area (Å²) < 4.78 is 33.7. The number of nitrogens with zero attached hydrogens (tertiary/aromatic N) is 2. The summed E-state index contributed by atoms with van der Waals surface area (Å²) in [6, 6.07) is 18.0. The molecule has 0 aliphatic carbocycles. The fourth-order valence-corrected chi connectivity index (χ4v) is 5.46. The number of carbonyl (C=O) groups is 2. The number of rotatable bonds is 11. The zero-order valence-corrected chi connectivity index (χ0v) is 23.6. The summed E-state index contributed by atoms with van der Waals surface area (Å²) >= 11 is 12.4. The predicted molar refractivity (Wildman–Crippen MR) is 149 cm³/mol. The lowest BCUT2D eigenvalue weighted by Crippen LogP contribution is -2.51. The van der Waals surface area contributed by atoms with Gasteiger partial charge in [0.2, 0.25) is 11.8 Å². The smallest absolute Gasteiger partial charge is 0.264 e. The van der Waals surface area contributed by atoms with Crippen molar-refractivity contribution in [2.75, 3.05) is 24.5 Å². The molecule has 1 N–H and O–H groups in total. The van der Waals surface area contributed by atoms with E-state index in [2.05, 4.69) is 5.32 Å². The Morgan fingerprint density at radius 2 is 1.61 bits per heavy atom. The van der Waals surface area contributed by atoms with Crippen LogP contribution in [0.1, 0.15) is 19.4 Å². The highest BCUT2D eigenvalue weighted by atomic mass is 35.5.